The minimum Gasteiger partial charge on any atom is -0.271 e. The highest BCUT2D eigenvalue weighted by Gasteiger charge is 1.96. The van der Waals surface area contributed by atoms with Gasteiger partial charge in [-0.3, -0.25) is 5.43 Å². The molecule has 54 valence electrons. The predicted molar refractivity (Wildman–Crippen MR) is 37.9 cm³/mol. The number of nitroso groups, excluding NO2 is 1. The maximum absolute atomic E-state index is 9.62. The zero-order valence-electron chi connectivity index (χ0n) is 6.05. The summed E-state index contributed by atoms with van der Waals surface area (Å²) in [6.45, 7) is 4.08. The first kappa shape index (κ1) is 8.40. The standard InChI is InChI=1S/C6H14N2O/c1-3-4-5-6(2)7-8-9/h6H,3-5H2,1-2H3,(H,7,9). The number of nitrogens with one attached hydrogen (secondary N) is 1. The molecule has 3 heteroatoms. The zero-order valence-corrected chi connectivity index (χ0v) is 6.05. The second kappa shape index (κ2) is 5.54. The second-order valence-electron chi connectivity index (χ2n) is 2.26. The van der Waals surface area contributed by atoms with Crippen LogP contribution in [-0.2, 0) is 0 Å². The molecule has 0 aromatic carbocycles. The minimum absolute atomic E-state index is 0.238. The smallest absolute Gasteiger partial charge is 0.0498 e. The molecule has 0 aliphatic carbocycles. The highest BCUT2D eigenvalue weighted by Crippen LogP contribution is 1.98. The van der Waals surface area contributed by atoms with Crippen molar-refractivity contribution in [3.8, 4) is 0 Å². The molecule has 0 saturated heterocycles. The molecule has 0 saturated carbocycles. The third-order valence-corrected chi connectivity index (χ3v) is 1.26. The van der Waals surface area contributed by atoms with Crippen LogP contribution < -0.4 is 5.43 Å². The second-order valence-corrected chi connectivity index (χ2v) is 2.26. The lowest BCUT2D eigenvalue weighted by atomic mass is 10.2. The summed E-state index contributed by atoms with van der Waals surface area (Å²) in [5.74, 6) is 0. The first-order valence-corrected chi connectivity index (χ1v) is 3.39. The summed E-state index contributed by atoms with van der Waals surface area (Å²) in [7, 11) is 0. The zero-order chi connectivity index (χ0) is 7.11. The Balaban J connectivity index is 3.04. The molecule has 0 aromatic heterocycles. The molecule has 1 unspecified atom stereocenters. The molecule has 0 aliphatic heterocycles. The van der Waals surface area contributed by atoms with Crippen LogP contribution in [0.2, 0.25) is 0 Å². The van der Waals surface area contributed by atoms with Crippen molar-refractivity contribution < 1.29 is 0 Å². The van der Waals surface area contributed by atoms with E-state index >= 15 is 0 Å². The van der Waals surface area contributed by atoms with Crippen LogP contribution in [0.3, 0.4) is 0 Å². The van der Waals surface area contributed by atoms with E-state index < -0.39 is 0 Å². The quantitative estimate of drug-likeness (QED) is 0.455. The van der Waals surface area contributed by atoms with E-state index in [9.17, 15) is 4.91 Å². The van der Waals surface area contributed by atoms with Crippen molar-refractivity contribution >= 4 is 0 Å². The first-order valence-electron chi connectivity index (χ1n) is 3.39. The minimum atomic E-state index is 0.238. The maximum Gasteiger partial charge on any atom is 0.0498 e. The Morgan fingerprint density at radius 3 is 2.78 bits per heavy atom. The molecule has 0 aromatic rings. The van der Waals surface area contributed by atoms with Gasteiger partial charge in [-0.2, -0.15) is 0 Å². The number of hydrogen-bond donors (Lipinski definition) is 1. The van der Waals surface area contributed by atoms with Crippen LogP contribution in [0.4, 0.5) is 0 Å². The lowest BCUT2D eigenvalue weighted by molar-refractivity contribution is 0.509. The molecule has 0 amide bonds. The average molecular weight is 130 g/mol. The Labute approximate surface area is 55.8 Å². The molecule has 0 fully saturated rings. The third kappa shape index (κ3) is 5.27. The van der Waals surface area contributed by atoms with Crippen LogP contribution in [0.25, 0.3) is 0 Å². The molecule has 9 heavy (non-hydrogen) atoms. The van der Waals surface area contributed by atoms with Gasteiger partial charge < -0.3 is 0 Å². The van der Waals surface area contributed by atoms with E-state index in [1.165, 1.54) is 6.42 Å². The summed E-state index contributed by atoms with van der Waals surface area (Å²) in [6.07, 6.45) is 3.36. The van der Waals surface area contributed by atoms with E-state index in [1.807, 2.05) is 6.92 Å². The van der Waals surface area contributed by atoms with Gasteiger partial charge in [0.15, 0.2) is 0 Å². The highest BCUT2D eigenvalue weighted by molar-refractivity contribution is 4.55. The van der Waals surface area contributed by atoms with Gasteiger partial charge in [-0.25, -0.2) is 0 Å². The summed E-state index contributed by atoms with van der Waals surface area (Å²) in [6, 6.07) is 0.238. The Bertz CT molecular complexity index is 75.5. The molecule has 1 N–H and O–H groups in total. The van der Waals surface area contributed by atoms with Gasteiger partial charge in [0.05, 0.1) is 0 Å². The maximum atomic E-state index is 9.62. The van der Waals surface area contributed by atoms with Gasteiger partial charge >= 0.3 is 0 Å². The molecule has 0 radical (unpaired) electrons. The molecule has 3 nitrogen and oxygen atoms in total. The molecular weight excluding hydrogens is 116 g/mol. The molecule has 1 atom stereocenters. The van der Waals surface area contributed by atoms with Gasteiger partial charge in [-0.15, -0.1) is 4.91 Å². The van der Waals surface area contributed by atoms with Crippen molar-refractivity contribution in [1.29, 1.82) is 0 Å². The van der Waals surface area contributed by atoms with Crippen molar-refractivity contribution in [1.82, 2.24) is 5.43 Å². The Morgan fingerprint density at radius 1 is 1.67 bits per heavy atom. The molecule has 0 rings (SSSR count). The van der Waals surface area contributed by atoms with Crippen LogP contribution in [0.1, 0.15) is 33.1 Å². The van der Waals surface area contributed by atoms with Crippen LogP contribution in [-0.4, -0.2) is 6.04 Å². The van der Waals surface area contributed by atoms with Gasteiger partial charge in [0, 0.05) is 11.3 Å². The average Bonchev–Trinajstić information content (AvgIpc) is 1.85. The number of nitrogens with zero attached hydrogens (tertiary/aromatic N) is 1. The van der Waals surface area contributed by atoms with E-state index in [0.29, 0.717) is 0 Å². The molecule has 0 heterocycles. The lowest BCUT2D eigenvalue weighted by Gasteiger charge is -2.05. The van der Waals surface area contributed by atoms with E-state index in [-0.39, 0.29) is 6.04 Å². The molecule has 0 spiro atoms. The summed E-state index contributed by atoms with van der Waals surface area (Å²) in [5.41, 5.74) is 2.45. The van der Waals surface area contributed by atoms with Crippen molar-refractivity contribution in [2.24, 2.45) is 5.29 Å². The van der Waals surface area contributed by atoms with Gasteiger partial charge in [-0.1, -0.05) is 19.8 Å². The van der Waals surface area contributed by atoms with Gasteiger partial charge in [0.1, 0.15) is 0 Å². The SMILES string of the molecule is CCCCC(C)NN=O. The fraction of sp³-hybridized carbons (Fsp3) is 1.00. The summed E-state index contributed by atoms with van der Waals surface area (Å²) in [4.78, 5) is 9.62. The van der Waals surface area contributed by atoms with E-state index in [4.69, 9.17) is 0 Å². The van der Waals surface area contributed by atoms with E-state index in [0.717, 1.165) is 12.8 Å². The molecule has 0 aliphatic rings. The summed E-state index contributed by atoms with van der Waals surface area (Å²) < 4.78 is 0. The Hall–Kier alpha value is -0.600. The summed E-state index contributed by atoms with van der Waals surface area (Å²) in [5, 5.41) is 2.59. The van der Waals surface area contributed by atoms with E-state index in [1.54, 1.807) is 0 Å². The Kier molecular flexibility index (Phi) is 5.17. The summed E-state index contributed by atoms with van der Waals surface area (Å²) >= 11 is 0. The monoisotopic (exact) mass is 130 g/mol. The largest absolute Gasteiger partial charge is 0.271 e. The van der Waals surface area contributed by atoms with Crippen molar-refractivity contribution in [2.75, 3.05) is 0 Å². The van der Waals surface area contributed by atoms with Crippen molar-refractivity contribution in [3.05, 3.63) is 4.91 Å². The normalized spacial score (nSPS) is 12.7. The first-order chi connectivity index (χ1) is 4.31. The number of unbranched alkanes of at least 4 members (excludes halogenated alkanes) is 1. The van der Waals surface area contributed by atoms with Gasteiger partial charge in [0.25, 0.3) is 0 Å². The van der Waals surface area contributed by atoms with Crippen LogP contribution in [0.15, 0.2) is 5.29 Å². The fourth-order valence-corrected chi connectivity index (χ4v) is 0.665. The predicted octanol–water partition coefficient (Wildman–Crippen LogP) is 1.84. The van der Waals surface area contributed by atoms with Crippen LogP contribution in [0.5, 0.6) is 0 Å². The van der Waals surface area contributed by atoms with Crippen molar-refractivity contribution in [3.63, 3.8) is 0 Å². The topological polar surface area (TPSA) is 41.5 Å². The highest BCUT2D eigenvalue weighted by atomic mass is 16.3. The number of hydrogen-bond acceptors (Lipinski definition) is 2. The number of rotatable bonds is 5. The van der Waals surface area contributed by atoms with Crippen LogP contribution >= 0.6 is 0 Å². The molecule has 0 bridgehead atoms. The molecular formula is C6H14N2O. The van der Waals surface area contributed by atoms with Gasteiger partial charge in [-0.05, 0) is 13.3 Å². The van der Waals surface area contributed by atoms with Crippen molar-refractivity contribution in [2.45, 2.75) is 39.2 Å². The van der Waals surface area contributed by atoms with E-state index in [2.05, 4.69) is 17.6 Å². The lowest BCUT2D eigenvalue weighted by Crippen LogP contribution is -2.19. The van der Waals surface area contributed by atoms with Crippen LogP contribution in [0, 0.1) is 4.91 Å². The van der Waals surface area contributed by atoms with Gasteiger partial charge in [0.2, 0.25) is 0 Å². The third-order valence-electron chi connectivity index (χ3n) is 1.26. The fourth-order valence-electron chi connectivity index (χ4n) is 0.665. The Morgan fingerprint density at radius 2 is 2.33 bits per heavy atom.